The van der Waals surface area contributed by atoms with Crippen LogP contribution in [0.15, 0.2) is 30.3 Å². The highest BCUT2D eigenvalue weighted by atomic mass is 16.3. The van der Waals surface area contributed by atoms with Gasteiger partial charge in [-0.1, -0.05) is 30.3 Å². The molecule has 1 aromatic carbocycles. The fraction of sp³-hybridized carbons (Fsp3) is 0.538. The second-order valence-corrected chi connectivity index (χ2v) is 4.53. The Kier molecular flexibility index (Phi) is 3.93. The Balaban J connectivity index is 1.91. The van der Waals surface area contributed by atoms with Crippen LogP contribution in [0.25, 0.3) is 0 Å². The Labute approximate surface area is 96.9 Å². The van der Waals surface area contributed by atoms with Crippen LogP contribution in [0.5, 0.6) is 0 Å². The van der Waals surface area contributed by atoms with Crippen molar-refractivity contribution in [1.82, 2.24) is 4.90 Å². The van der Waals surface area contributed by atoms with Crippen molar-refractivity contribution in [2.24, 2.45) is 5.73 Å². The van der Waals surface area contributed by atoms with Crippen molar-refractivity contribution in [3.8, 4) is 0 Å². The van der Waals surface area contributed by atoms with Crippen LogP contribution < -0.4 is 5.73 Å². The highest BCUT2D eigenvalue weighted by Crippen LogP contribution is 2.17. The third kappa shape index (κ3) is 2.82. The van der Waals surface area contributed by atoms with Gasteiger partial charge in [-0.3, -0.25) is 0 Å². The summed E-state index contributed by atoms with van der Waals surface area (Å²) < 4.78 is 0. The second kappa shape index (κ2) is 5.43. The van der Waals surface area contributed by atoms with Crippen LogP contribution in [0.3, 0.4) is 0 Å². The third-order valence-electron chi connectivity index (χ3n) is 3.21. The van der Waals surface area contributed by atoms with E-state index in [0.29, 0.717) is 0 Å². The molecule has 0 amide bonds. The van der Waals surface area contributed by atoms with Gasteiger partial charge in [0.05, 0.1) is 6.10 Å². The molecule has 3 nitrogen and oxygen atoms in total. The minimum Gasteiger partial charge on any atom is -0.387 e. The van der Waals surface area contributed by atoms with Gasteiger partial charge in [0.1, 0.15) is 0 Å². The van der Waals surface area contributed by atoms with Gasteiger partial charge in [-0.25, -0.2) is 0 Å². The Hall–Kier alpha value is -0.900. The van der Waals surface area contributed by atoms with Gasteiger partial charge in [0.25, 0.3) is 0 Å². The molecule has 2 unspecified atom stereocenters. The number of likely N-dealkylation sites (tertiary alicyclic amines) is 1. The molecule has 1 aliphatic heterocycles. The zero-order chi connectivity index (χ0) is 11.4. The number of hydrogen-bond acceptors (Lipinski definition) is 3. The molecule has 1 aliphatic rings. The number of benzene rings is 1. The minimum absolute atomic E-state index is 0.194. The monoisotopic (exact) mass is 220 g/mol. The maximum atomic E-state index is 10.1. The average Bonchev–Trinajstić information content (AvgIpc) is 2.82. The van der Waals surface area contributed by atoms with E-state index in [9.17, 15) is 5.11 Å². The zero-order valence-corrected chi connectivity index (χ0v) is 9.55. The number of hydrogen-bond donors (Lipinski definition) is 2. The van der Waals surface area contributed by atoms with E-state index in [1.807, 2.05) is 30.3 Å². The predicted molar refractivity (Wildman–Crippen MR) is 65.1 cm³/mol. The summed E-state index contributed by atoms with van der Waals surface area (Å²) in [5.41, 5.74) is 6.95. The van der Waals surface area contributed by atoms with Gasteiger partial charge < -0.3 is 15.7 Å². The molecular formula is C13H20N2O. The van der Waals surface area contributed by atoms with Crippen molar-refractivity contribution in [3.05, 3.63) is 35.9 Å². The number of aliphatic hydroxyl groups is 1. The summed E-state index contributed by atoms with van der Waals surface area (Å²) in [5, 5.41) is 10.1. The SMILES string of the molecule is NC(CN1CCCC1)C(O)c1ccccc1. The highest BCUT2D eigenvalue weighted by molar-refractivity contribution is 5.18. The minimum atomic E-state index is -0.554. The van der Waals surface area contributed by atoms with E-state index in [1.54, 1.807) is 0 Å². The van der Waals surface area contributed by atoms with E-state index in [2.05, 4.69) is 4.90 Å². The first-order chi connectivity index (χ1) is 7.77. The van der Waals surface area contributed by atoms with Crippen LogP contribution in [0.4, 0.5) is 0 Å². The van der Waals surface area contributed by atoms with Crippen LogP contribution in [0.1, 0.15) is 24.5 Å². The zero-order valence-electron chi connectivity index (χ0n) is 9.55. The summed E-state index contributed by atoms with van der Waals surface area (Å²) in [6.07, 6.45) is 1.96. The molecule has 2 atom stereocenters. The number of aliphatic hydroxyl groups excluding tert-OH is 1. The molecule has 0 aromatic heterocycles. The summed E-state index contributed by atoms with van der Waals surface area (Å²) in [7, 11) is 0. The quantitative estimate of drug-likeness (QED) is 0.800. The normalized spacial score (nSPS) is 20.9. The van der Waals surface area contributed by atoms with Crippen LogP contribution in [-0.4, -0.2) is 35.7 Å². The maximum Gasteiger partial charge on any atom is 0.0953 e. The van der Waals surface area contributed by atoms with Gasteiger partial charge in [0.2, 0.25) is 0 Å². The summed E-state index contributed by atoms with van der Waals surface area (Å²) in [6, 6.07) is 9.47. The summed E-state index contributed by atoms with van der Waals surface area (Å²) in [6.45, 7) is 3.03. The molecular weight excluding hydrogens is 200 g/mol. The number of rotatable bonds is 4. The smallest absolute Gasteiger partial charge is 0.0953 e. The molecule has 1 aromatic rings. The summed E-state index contributed by atoms with van der Waals surface area (Å²) >= 11 is 0. The van der Waals surface area contributed by atoms with Crippen molar-refractivity contribution < 1.29 is 5.11 Å². The molecule has 1 heterocycles. The summed E-state index contributed by atoms with van der Waals surface area (Å²) in [4.78, 5) is 2.33. The average molecular weight is 220 g/mol. The van der Waals surface area contributed by atoms with Crippen molar-refractivity contribution in [2.45, 2.75) is 25.0 Å². The van der Waals surface area contributed by atoms with Gasteiger partial charge in [-0.15, -0.1) is 0 Å². The van der Waals surface area contributed by atoms with E-state index >= 15 is 0 Å². The first-order valence-corrected chi connectivity index (χ1v) is 5.98. The lowest BCUT2D eigenvalue weighted by Crippen LogP contribution is -2.40. The van der Waals surface area contributed by atoms with Crippen molar-refractivity contribution in [2.75, 3.05) is 19.6 Å². The van der Waals surface area contributed by atoms with Gasteiger partial charge in [0.15, 0.2) is 0 Å². The predicted octanol–water partition coefficient (Wildman–Crippen LogP) is 1.14. The van der Waals surface area contributed by atoms with Crippen LogP contribution in [-0.2, 0) is 0 Å². The van der Waals surface area contributed by atoms with Crippen molar-refractivity contribution in [3.63, 3.8) is 0 Å². The molecule has 0 bridgehead atoms. The molecule has 0 saturated carbocycles. The van der Waals surface area contributed by atoms with Crippen LogP contribution in [0, 0.1) is 0 Å². The Morgan fingerprint density at radius 3 is 2.44 bits per heavy atom. The van der Waals surface area contributed by atoms with Crippen molar-refractivity contribution >= 4 is 0 Å². The fourth-order valence-corrected chi connectivity index (χ4v) is 2.26. The molecule has 1 fully saturated rings. The van der Waals surface area contributed by atoms with E-state index in [-0.39, 0.29) is 6.04 Å². The van der Waals surface area contributed by atoms with E-state index in [4.69, 9.17) is 5.73 Å². The third-order valence-corrected chi connectivity index (χ3v) is 3.21. The van der Waals surface area contributed by atoms with Crippen LogP contribution >= 0.6 is 0 Å². The lowest BCUT2D eigenvalue weighted by atomic mass is 10.0. The Morgan fingerprint density at radius 1 is 1.19 bits per heavy atom. The highest BCUT2D eigenvalue weighted by Gasteiger charge is 2.21. The topological polar surface area (TPSA) is 49.5 Å². The van der Waals surface area contributed by atoms with Gasteiger partial charge in [-0.05, 0) is 31.5 Å². The van der Waals surface area contributed by atoms with Gasteiger partial charge in [-0.2, -0.15) is 0 Å². The lowest BCUT2D eigenvalue weighted by molar-refractivity contribution is 0.125. The fourth-order valence-electron chi connectivity index (χ4n) is 2.26. The second-order valence-electron chi connectivity index (χ2n) is 4.53. The molecule has 2 rings (SSSR count). The lowest BCUT2D eigenvalue weighted by Gasteiger charge is -2.24. The van der Waals surface area contributed by atoms with Gasteiger partial charge >= 0.3 is 0 Å². The van der Waals surface area contributed by atoms with E-state index in [0.717, 1.165) is 25.2 Å². The molecule has 3 N–H and O–H groups in total. The molecule has 0 aliphatic carbocycles. The number of nitrogens with two attached hydrogens (primary N) is 1. The first-order valence-electron chi connectivity index (χ1n) is 5.98. The molecule has 3 heteroatoms. The largest absolute Gasteiger partial charge is 0.387 e. The summed E-state index contributed by atoms with van der Waals surface area (Å²) in [5.74, 6) is 0. The van der Waals surface area contributed by atoms with Crippen molar-refractivity contribution in [1.29, 1.82) is 0 Å². The molecule has 1 saturated heterocycles. The molecule has 16 heavy (non-hydrogen) atoms. The van der Waals surface area contributed by atoms with E-state index < -0.39 is 6.10 Å². The molecule has 88 valence electrons. The first kappa shape index (κ1) is 11.6. The van der Waals surface area contributed by atoms with E-state index in [1.165, 1.54) is 12.8 Å². The Bertz CT molecular complexity index is 309. The van der Waals surface area contributed by atoms with Crippen LogP contribution in [0.2, 0.25) is 0 Å². The number of nitrogens with zero attached hydrogens (tertiary/aromatic N) is 1. The Morgan fingerprint density at radius 2 is 1.81 bits per heavy atom. The molecule has 0 radical (unpaired) electrons. The molecule has 0 spiro atoms. The standard InChI is InChI=1S/C13H20N2O/c14-12(10-15-8-4-5-9-15)13(16)11-6-2-1-3-7-11/h1-3,6-7,12-13,16H,4-5,8-10,14H2. The maximum absolute atomic E-state index is 10.1. The van der Waals surface area contributed by atoms with Gasteiger partial charge in [0, 0.05) is 12.6 Å².